The van der Waals surface area contributed by atoms with Gasteiger partial charge < -0.3 is 5.11 Å². The van der Waals surface area contributed by atoms with E-state index in [1.54, 1.807) is 12.1 Å². The second kappa shape index (κ2) is 2.96. The zero-order valence-electron chi connectivity index (χ0n) is 5.24. The Labute approximate surface area is 58.3 Å². The van der Waals surface area contributed by atoms with Gasteiger partial charge in [-0.05, 0) is 18.2 Å². The Kier molecular flexibility index (Phi) is 1.99. The van der Waals surface area contributed by atoms with Crippen molar-refractivity contribution in [2.45, 2.75) is 6.42 Å². The second-order valence-electron chi connectivity index (χ2n) is 1.82. The van der Waals surface area contributed by atoms with Crippen LogP contribution in [-0.4, -0.2) is 16.1 Å². The van der Waals surface area contributed by atoms with Gasteiger partial charge in [-0.15, -0.1) is 0 Å². The van der Waals surface area contributed by atoms with E-state index in [9.17, 15) is 4.79 Å². The molecule has 0 saturated heterocycles. The van der Waals surface area contributed by atoms with Gasteiger partial charge in [0, 0.05) is 6.20 Å². The Morgan fingerprint density at radius 1 is 1.80 bits per heavy atom. The van der Waals surface area contributed by atoms with Crippen LogP contribution in [0, 0.1) is 6.07 Å². The average Bonchev–Trinajstić information content (AvgIpc) is 1.88. The Hall–Kier alpha value is -1.38. The first-order valence-corrected chi connectivity index (χ1v) is 2.82. The van der Waals surface area contributed by atoms with Crippen LogP contribution in [0.4, 0.5) is 0 Å². The quantitative estimate of drug-likeness (QED) is 0.644. The molecule has 1 radical (unpaired) electrons. The molecular weight excluding hydrogens is 130 g/mol. The van der Waals surface area contributed by atoms with Crippen molar-refractivity contribution in [1.29, 1.82) is 0 Å². The summed E-state index contributed by atoms with van der Waals surface area (Å²) < 4.78 is 0. The van der Waals surface area contributed by atoms with Crippen LogP contribution in [-0.2, 0) is 11.2 Å². The van der Waals surface area contributed by atoms with Crippen LogP contribution in [0.1, 0.15) is 5.69 Å². The van der Waals surface area contributed by atoms with Crippen molar-refractivity contribution in [1.82, 2.24) is 4.98 Å². The summed E-state index contributed by atoms with van der Waals surface area (Å²) in [7, 11) is 0. The van der Waals surface area contributed by atoms with Crippen LogP contribution in [0.25, 0.3) is 0 Å². The van der Waals surface area contributed by atoms with E-state index in [0.29, 0.717) is 5.69 Å². The van der Waals surface area contributed by atoms with Gasteiger partial charge in [0.05, 0.1) is 12.1 Å². The highest BCUT2D eigenvalue weighted by molar-refractivity contribution is 5.69. The van der Waals surface area contributed by atoms with Crippen LogP contribution in [0.2, 0.25) is 0 Å². The van der Waals surface area contributed by atoms with Crippen molar-refractivity contribution in [3.05, 3.63) is 30.1 Å². The molecule has 1 aromatic rings. The first-order valence-electron chi connectivity index (χ1n) is 2.82. The molecule has 0 saturated carbocycles. The number of pyridine rings is 1. The van der Waals surface area contributed by atoms with Crippen molar-refractivity contribution in [2.75, 3.05) is 0 Å². The molecule has 0 fully saturated rings. The summed E-state index contributed by atoms with van der Waals surface area (Å²) in [5, 5.41) is 8.31. The number of aliphatic carboxylic acids is 1. The molecule has 0 aliphatic carbocycles. The molecule has 0 aliphatic heterocycles. The average molecular weight is 136 g/mol. The van der Waals surface area contributed by atoms with Gasteiger partial charge in [-0.1, -0.05) is 0 Å². The molecule has 0 spiro atoms. The maximum Gasteiger partial charge on any atom is 0.309 e. The number of rotatable bonds is 2. The second-order valence-corrected chi connectivity index (χ2v) is 1.82. The molecule has 1 N–H and O–H groups in total. The molecule has 0 bridgehead atoms. The van der Waals surface area contributed by atoms with E-state index in [2.05, 4.69) is 11.1 Å². The molecule has 0 aromatic carbocycles. The molecular formula is C7H6NO2. The largest absolute Gasteiger partial charge is 0.481 e. The number of nitrogens with zero attached hydrogens (tertiary/aromatic N) is 1. The third-order valence-electron chi connectivity index (χ3n) is 0.993. The minimum absolute atomic E-state index is 0.0304. The topological polar surface area (TPSA) is 50.2 Å². The Bertz CT molecular complexity index is 220. The van der Waals surface area contributed by atoms with Crippen LogP contribution in [0.15, 0.2) is 18.3 Å². The van der Waals surface area contributed by atoms with Crippen LogP contribution in [0.3, 0.4) is 0 Å². The standard InChI is InChI=1S/C7H6NO2/c9-7(10)5-6-3-1-2-4-8-6/h2-4H,5H2,(H,9,10). The maximum absolute atomic E-state index is 10.1. The maximum atomic E-state index is 10.1. The molecule has 0 amide bonds. The molecule has 10 heavy (non-hydrogen) atoms. The van der Waals surface area contributed by atoms with Crippen LogP contribution >= 0.6 is 0 Å². The van der Waals surface area contributed by atoms with E-state index in [0.717, 1.165) is 0 Å². The van der Waals surface area contributed by atoms with Gasteiger partial charge in [0.25, 0.3) is 0 Å². The molecule has 0 aliphatic rings. The summed E-state index contributed by atoms with van der Waals surface area (Å²) in [5.41, 5.74) is 0.537. The molecule has 3 nitrogen and oxygen atoms in total. The summed E-state index contributed by atoms with van der Waals surface area (Å²) in [6.45, 7) is 0. The number of hydrogen-bond donors (Lipinski definition) is 1. The van der Waals surface area contributed by atoms with Gasteiger partial charge in [0.1, 0.15) is 0 Å². The highest BCUT2D eigenvalue weighted by Crippen LogP contribution is 1.92. The molecule has 1 aromatic heterocycles. The number of carboxylic acid groups (broad SMARTS) is 1. The van der Waals surface area contributed by atoms with Gasteiger partial charge in [0.2, 0.25) is 0 Å². The molecule has 1 heterocycles. The third kappa shape index (κ3) is 1.85. The van der Waals surface area contributed by atoms with E-state index in [1.165, 1.54) is 6.20 Å². The number of hydrogen-bond acceptors (Lipinski definition) is 2. The predicted molar refractivity (Wildman–Crippen MR) is 34.4 cm³/mol. The summed E-state index contributed by atoms with van der Waals surface area (Å²) in [6, 6.07) is 5.93. The number of aromatic nitrogens is 1. The fraction of sp³-hybridized carbons (Fsp3) is 0.143. The van der Waals surface area contributed by atoms with E-state index in [1.807, 2.05) is 0 Å². The zero-order chi connectivity index (χ0) is 7.40. The van der Waals surface area contributed by atoms with Gasteiger partial charge in [-0.25, -0.2) is 0 Å². The van der Waals surface area contributed by atoms with E-state index < -0.39 is 5.97 Å². The number of carboxylic acids is 1. The van der Waals surface area contributed by atoms with Crippen molar-refractivity contribution in [3.8, 4) is 0 Å². The third-order valence-corrected chi connectivity index (χ3v) is 0.993. The lowest BCUT2D eigenvalue weighted by Crippen LogP contribution is -2.01. The van der Waals surface area contributed by atoms with Crippen molar-refractivity contribution >= 4 is 5.97 Å². The number of carbonyl (C=O) groups is 1. The lowest BCUT2D eigenvalue weighted by Gasteiger charge is -1.91. The van der Waals surface area contributed by atoms with Crippen LogP contribution < -0.4 is 0 Å². The minimum atomic E-state index is -0.868. The highest BCUT2D eigenvalue weighted by atomic mass is 16.4. The van der Waals surface area contributed by atoms with Crippen molar-refractivity contribution in [3.63, 3.8) is 0 Å². The molecule has 1 rings (SSSR count). The summed E-state index contributed by atoms with van der Waals surface area (Å²) in [4.78, 5) is 13.9. The van der Waals surface area contributed by atoms with Gasteiger partial charge >= 0.3 is 5.97 Å². The Balaban J connectivity index is 2.67. The normalized spacial score (nSPS) is 9.20. The highest BCUT2D eigenvalue weighted by Gasteiger charge is 1.98. The fourth-order valence-corrected chi connectivity index (χ4v) is 0.609. The molecule has 3 heteroatoms. The Morgan fingerprint density at radius 3 is 3.10 bits per heavy atom. The first-order chi connectivity index (χ1) is 4.79. The van der Waals surface area contributed by atoms with E-state index >= 15 is 0 Å². The van der Waals surface area contributed by atoms with E-state index in [4.69, 9.17) is 5.11 Å². The first kappa shape index (κ1) is 6.74. The van der Waals surface area contributed by atoms with Crippen molar-refractivity contribution < 1.29 is 9.90 Å². The lowest BCUT2D eigenvalue weighted by atomic mass is 10.3. The van der Waals surface area contributed by atoms with Gasteiger partial charge in [-0.3, -0.25) is 9.78 Å². The van der Waals surface area contributed by atoms with Gasteiger partial charge in [0.15, 0.2) is 0 Å². The lowest BCUT2D eigenvalue weighted by molar-refractivity contribution is -0.136. The zero-order valence-corrected chi connectivity index (χ0v) is 5.24. The van der Waals surface area contributed by atoms with Crippen LogP contribution in [0.5, 0.6) is 0 Å². The summed E-state index contributed by atoms with van der Waals surface area (Å²) >= 11 is 0. The molecule has 51 valence electrons. The van der Waals surface area contributed by atoms with Crippen molar-refractivity contribution in [2.24, 2.45) is 0 Å². The summed E-state index contributed by atoms with van der Waals surface area (Å²) in [6.07, 6.45) is 1.50. The van der Waals surface area contributed by atoms with E-state index in [-0.39, 0.29) is 6.42 Å². The minimum Gasteiger partial charge on any atom is -0.481 e. The summed E-state index contributed by atoms with van der Waals surface area (Å²) in [5.74, 6) is -0.868. The monoisotopic (exact) mass is 136 g/mol. The predicted octanol–water partition coefficient (Wildman–Crippen LogP) is 0.509. The smallest absolute Gasteiger partial charge is 0.309 e. The molecule has 0 unspecified atom stereocenters. The van der Waals surface area contributed by atoms with Gasteiger partial charge in [-0.2, -0.15) is 0 Å². The SMILES string of the molecule is O=C(O)Cc1c[c]ccn1. The fourth-order valence-electron chi connectivity index (χ4n) is 0.609. The Morgan fingerprint density at radius 2 is 2.60 bits per heavy atom. The molecule has 0 atom stereocenters.